The lowest BCUT2D eigenvalue weighted by Crippen LogP contribution is -2.41. The van der Waals surface area contributed by atoms with Gasteiger partial charge in [0.1, 0.15) is 6.54 Å². The number of carbonyl (C=O) groups is 2. The van der Waals surface area contributed by atoms with Crippen LogP contribution < -0.4 is 0 Å². The largest absolute Gasteiger partial charge is 0.504 e. The molecule has 3 N–H and O–H groups in total. The molecule has 104 valence electrons. The van der Waals surface area contributed by atoms with E-state index in [-0.39, 0.29) is 17.4 Å². The van der Waals surface area contributed by atoms with Gasteiger partial charge in [0.2, 0.25) is 0 Å². The summed E-state index contributed by atoms with van der Waals surface area (Å²) in [5, 5.41) is 27.4. The zero-order valence-corrected chi connectivity index (χ0v) is 10.8. The number of phenolic OH excluding ortho intramolecular Hbond substituents is 2. The van der Waals surface area contributed by atoms with Gasteiger partial charge in [0.05, 0.1) is 0 Å². The first kappa shape index (κ1) is 14.8. The van der Waals surface area contributed by atoms with Crippen LogP contribution in [0.5, 0.6) is 11.5 Å². The van der Waals surface area contributed by atoms with Crippen molar-refractivity contribution in [1.82, 2.24) is 4.90 Å². The van der Waals surface area contributed by atoms with Gasteiger partial charge >= 0.3 is 5.97 Å². The molecule has 0 aliphatic carbocycles. The van der Waals surface area contributed by atoms with Crippen molar-refractivity contribution >= 4 is 11.9 Å². The van der Waals surface area contributed by atoms with Crippen molar-refractivity contribution in [3.8, 4) is 11.5 Å². The minimum atomic E-state index is -1.10. The van der Waals surface area contributed by atoms with Crippen LogP contribution in [0, 0.1) is 0 Å². The van der Waals surface area contributed by atoms with Crippen LogP contribution >= 0.6 is 0 Å². The van der Waals surface area contributed by atoms with Crippen molar-refractivity contribution in [2.75, 3.05) is 6.54 Å². The Kier molecular flexibility index (Phi) is 4.74. The molecule has 0 fully saturated rings. The Morgan fingerprint density at radius 1 is 1.26 bits per heavy atom. The van der Waals surface area contributed by atoms with Gasteiger partial charge in [-0.25, -0.2) is 0 Å². The smallest absolute Gasteiger partial charge is 0.323 e. The number of phenols is 2. The number of carboxylic acid groups (broad SMARTS) is 1. The maximum absolute atomic E-state index is 12.2. The molecule has 0 saturated heterocycles. The highest BCUT2D eigenvalue weighted by Gasteiger charge is 2.23. The van der Waals surface area contributed by atoms with E-state index in [4.69, 9.17) is 5.11 Å². The number of carbonyl (C=O) groups excluding carboxylic acids is 1. The fraction of sp³-hybridized carbons (Fsp3) is 0.385. The average Bonchev–Trinajstić information content (AvgIpc) is 2.37. The van der Waals surface area contributed by atoms with Gasteiger partial charge in [-0.3, -0.25) is 9.59 Å². The van der Waals surface area contributed by atoms with Crippen LogP contribution in [0.15, 0.2) is 18.2 Å². The molecule has 0 aromatic heterocycles. The van der Waals surface area contributed by atoms with Gasteiger partial charge in [0.25, 0.3) is 5.91 Å². The first-order valence-electron chi connectivity index (χ1n) is 5.91. The number of amides is 1. The molecule has 0 aliphatic rings. The van der Waals surface area contributed by atoms with Gasteiger partial charge < -0.3 is 20.2 Å². The standard InChI is InChI=1S/C13H17NO5/c1-3-8(2)14(7-12(17)18)13(19)9-4-5-10(15)11(16)6-9/h4-6,8,15-16H,3,7H2,1-2H3,(H,17,18). The highest BCUT2D eigenvalue weighted by molar-refractivity contribution is 5.96. The van der Waals surface area contributed by atoms with Crippen LogP contribution in [0.1, 0.15) is 30.6 Å². The molecular formula is C13H17NO5. The Hall–Kier alpha value is -2.24. The first-order valence-corrected chi connectivity index (χ1v) is 5.91. The summed E-state index contributed by atoms with van der Waals surface area (Å²) in [6, 6.07) is 3.42. The predicted molar refractivity (Wildman–Crippen MR) is 68.2 cm³/mol. The van der Waals surface area contributed by atoms with Crippen LogP contribution in [0.3, 0.4) is 0 Å². The Balaban J connectivity index is 3.04. The molecule has 1 aromatic carbocycles. The maximum Gasteiger partial charge on any atom is 0.323 e. The van der Waals surface area contributed by atoms with Gasteiger partial charge in [0.15, 0.2) is 11.5 Å². The Morgan fingerprint density at radius 3 is 2.37 bits per heavy atom. The van der Waals surface area contributed by atoms with Crippen molar-refractivity contribution in [1.29, 1.82) is 0 Å². The molecule has 0 spiro atoms. The van der Waals surface area contributed by atoms with E-state index in [9.17, 15) is 19.8 Å². The molecule has 1 rings (SSSR count). The van der Waals surface area contributed by atoms with Crippen molar-refractivity contribution < 1.29 is 24.9 Å². The number of hydrogen-bond donors (Lipinski definition) is 3. The van der Waals surface area contributed by atoms with Crippen molar-refractivity contribution in [3.05, 3.63) is 23.8 Å². The molecule has 0 heterocycles. The summed E-state index contributed by atoms with van der Waals surface area (Å²) in [6.07, 6.45) is 0.614. The predicted octanol–water partition coefficient (Wildman–Crippen LogP) is 1.42. The second kappa shape index (κ2) is 6.08. The van der Waals surface area contributed by atoms with Gasteiger partial charge in [-0.1, -0.05) is 6.92 Å². The fourth-order valence-electron chi connectivity index (χ4n) is 1.62. The van der Waals surface area contributed by atoms with E-state index in [1.165, 1.54) is 17.0 Å². The first-order chi connectivity index (χ1) is 8.86. The lowest BCUT2D eigenvalue weighted by molar-refractivity contribution is -0.138. The number of carboxylic acids is 1. The number of aliphatic carboxylic acids is 1. The molecule has 0 aliphatic heterocycles. The molecule has 1 atom stereocenters. The van der Waals surface area contributed by atoms with Crippen molar-refractivity contribution in [3.63, 3.8) is 0 Å². The average molecular weight is 267 g/mol. The lowest BCUT2D eigenvalue weighted by atomic mass is 10.1. The molecule has 1 unspecified atom stereocenters. The Labute approximate surface area is 110 Å². The summed E-state index contributed by atoms with van der Waals surface area (Å²) in [7, 11) is 0. The van der Waals surface area contributed by atoms with Crippen LogP contribution in [-0.4, -0.2) is 44.7 Å². The van der Waals surface area contributed by atoms with Crippen LogP contribution in [0.25, 0.3) is 0 Å². The second-order valence-corrected chi connectivity index (χ2v) is 4.29. The molecule has 0 radical (unpaired) electrons. The molecular weight excluding hydrogens is 250 g/mol. The number of aromatic hydroxyl groups is 2. The summed E-state index contributed by atoms with van der Waals surface area (Å²) in [5.41, 5.74) is 0.136. The van der Waals surface area contributed by atoms with E-state index in [1.54, 1.807) is 6.92 Å². The van der Waals surface area contributed by atoms with Gasteiger partial charge in [-0.05, 0) is 31.5 Å². The molecule has 6 nitrogen and oxygen atoms in total. The van der Waals surface area contributed by atoms with Crippen LogP contribution in [-0.2, 0) is 4.79 Å². The molecule has 0 bridgehead atoms. The zero-order chi connectivity index (χ0) is 14.6. The SMILES string of the molecule is CCC(C)N(CC(=O)O)C(=O)c1ccc(O)c(O)c1. The third-order valence-corrected chi connectivity index (χ3v) is 2.91. The maximum atomic E-state index is 12.2. The van der Waals surface area contributed by atoms with E-state index >= 15 is 0 Å². The van der Waals surface area contributed by atoms with Crippen molar-refractivity contribution in [2.45, 2.75) is 26.3 Å². The number of rotatable bonds is 5. The summed E-state index contributed by atoms with van der Waals surface area (Å²) in [6.45, 7) is 3.19. The Morgan fingerprint density at radius 2 is 1.89 bits per heavy atom. The fourth-order valence-corrected chi connectivity index (χ4v) is 1.62. The molecule has 0 saturated carbocycles. The van der Waals surface area contributed by atoms with Gasteiger partial charge in [-0.2, -0.15) is 0 Å². The summed E-state index contributed by atoms with van der Waals surface area (Å²) in [5.74, 6) is -2.33. The summed E-state index contributed by atoms with van der Waals surface area (Å²) < 4.78 is 0. The zero-order valence-electron chi connectivity index (χ0n) is 10.8. The highest BCUT2D eigenvalue weighted by Crippen LogP contribution is 2.25. The van der Waals surface area contributed by atoms with E-state index in [1.807, 2.05) is 6.92 Å². The third kappa shape index (κ3) is 3.61. The molecule has 1 aromatic rings. The summed E-state index contributed by atoms with van der Waals surface area (Å²) in [4.78, 5) is 24.2. The van der Waals surface area contributed by atoms with Gasteiger partial charge in [-0.15, -0.1) is 0 Å². The molecule has 6 heteroatoms. The third-order valence-electron chi connectivity index (χ3n) is 2.91. The van der Waals surface area contributed by atoms with E-state index in [0.717, 1.165) is 6.07 Å². The second-order valence-electron chi connectivity index (χ2n) is 4.29. The van der Waals surface area contributed by atoms with Crippen LogP contribution in [0.4, 0.5) is 0 Å². The number of nitrogens with zero attached hydrogens (tertiary/aromatic N) is 1. The topological polar surface area (TPSA) is 98.1 Å². The van der Waals surface area contributed by atoms with Crippen LogP contribution in [0.2, 0.25) is 0 Å². The van der Waals surface area contributed by atoms with E-state index in [2.05, 4.69) is 0 Å². The number of hydrogen-bond acceptors (Lipinski definition) is 4. The van der Waals surface area contributed by atoms with E-state index in [0.29, 0.717) is 6.42 Å². The van der Waals surface area contributed by atoms with Gasteiger partial charge in [0, 0.05) is 11.6 Å². The lowest BCUT2D eigenvalue weighted by Gasteiger charge is -2.27. The van der Waals surface area contributed by atoms with Crippen molar-refractivity contribution in [2.24, 2.45) is 0 Å². The number of benzene rings is 1. The normalized spacial score (nSPS) is 11.9. The molecule has 19 heavy (non-hydrogen) atoms. The minimum Gasteiger partial charge on any atom is -0.504 e. The molecule has 1 amide bonds. The monoisotopic (exact) mass is 267 g/mol. The summed E-state index contributed by atoms with van der Waals surface area (Å²) >= 11 is 0. The van der Waals surface area contributed by atoms with E-state index < -0.39 is 24.2 Å². The highest BCUT2D eigenvalue weighted by atomic mass is 16.4. The Bertz CT molecular complexity index is 486. The minimum absolute atomic E-state index is 0.136. The quantitative estimate of drug-likeness (QED) is 0.701.